The fraction of sp³-hybridized carbons (Fsp3) is 0.692. The van der Waals surface area contributed by atoms with Gasteiger partial charge in [0.15, 0.2) is 0 Å². The first-order valence-corrected chi connectivity index (χ1v) is 6.89. The van der Waals surface area contributed by atoms with Gasteiger partial charge >= 0.3 is 0 Å². The predicted octanol–water partition coefficient (Wildman–Crippen LogP) is 0.526. The Morgan fingerprint density at radius 3 is 2.68 bits per heavy atom. The summed E-state index contributed by atoms with van der Waals surface area (Å²) in [5.74, 6) is -0.137. The van der Waals surface area contributed by atoms with Crippen molar-refractivity contribution in [1.82, 2.24) is 20.0 Å². The van der Waals surface area contributed by atoms with Gasteiger partial charge in [0, 0.05) is 13.6 Å². The lowest BCUT2D eigenvalue weighted by atomic mass is 10.3. The van der Waals surface area contributed by atoms with Crippen molar-refractivity contribution in [3.05, 3.63) is 11.4 Å². The highest BCUT2D eigenvalue weighted by atomic mass is 16.2. The van der Waals surface area contributed by atoms with Gasteiger partial charge in [-0.25, -0.2) is 0 Å². The fourth-order valence-electron chi connectivity index (χ4n) is 2.54. The van der Waals surface area contributed by atoms with Crippen molar-refractivity contribution >= 4 is 11.6 Å². The molecule has 0 unspecified atom stereocenters. The number of nitrogens with zero attached hydrogens (tertiary/aromatic N) is 3. The summed E-state index contributed by atoms with van der Waals surface area (Å²) >= 11 is 0. The monoisotopic (exact) mass is 265 g/mol. The van der Waals surface area contributed by atoms with Crippen molar-refractivity contribution < 1.29 is 4.79 Å². The molecule has 1 fully saturated rings. The van der Waals surface area contributed by atoms with Gasteiger partial charge in [0.2, 0.25) is 0 Å². The van der Waals surface area contributed by atoms with Gasteiger partial charge in [-0.05, 0) is 45.8 Å². The molecule has 1 saturated heterocycles. The van der Waals surface area contributed by atoms with E-state index in [1.807, 2.05) is 0 Å². The third-order valence-corrected chi connectivity index (χ3v) is 3.62. The van der Waals surface area contributed by atoms with Gasteiger partial charge in [0.05, 0.1) is 11.4 Å². The van der Waals surface area contributed by atoms with E-state index in [2.05, 4.69) is 15.3 Å². The molecule has 6 heteroatoms. The molecule has 3 N–H and O–H groups in total. The van der Waals surface area contributed by atoms with Gasteiger partial charge in [-0.1, -0.05) is 0 Å². The molecule has 0 bridgehead atoms. The Bertz CT molecular complexity index is 448. The molecule has 1 amide bonds. The topological polar surface area (TPSA) is 76.2 Å². The average molecular weight is 265 g/mol. The second-order valence-electron chi connectivity index (χ2n) is 5.13. The third kappa shape index (κ3) is 3.26. The Morgan fingerprint density at radius 2 is 2.11 bits per heavy atom. The number of carbonyl (C=O) groups excluding carboxylic acids is 1. The highest BCUT2D eigenvalue weighted by molar-refractivity contribution is 5.97. The molecule has 1 aromatic rings. The quantitative estimate of drug-likeness (QED) is 0.761. The van der Waals surface area contributed by atoms with Crippen LogP contribution in [0, 0.1) is 6.92 Å². The molecular weight excluding hydrogens is 242 g/mol. The number of nitrogens with one attached hydrogen (secondary N) is 1. The van der Waals surface area contributed by atoms with Crippen LogP contribution in [0.15, 0.2) is 0 Å². The summed E-state index contributed by atoms with van der Waals surface area (Å²) in [5, 5.41) is 7.06. The Kier molecular flexibility index (Phi) is 4.42. The van der Waals surface area contributed by atoms with Gasteiger partial charge in [0.1, 0.15) is 5.69 Å². The number of hydrogen-bond acceptors (Lipinski definition) is 4. The Labute approximate surface area is 113 Å². The second kappa shape index (κ2) is 6.06. The van der Waals surface area contributed by atoms with Gasteiger partial charge in [-0.3, -0.25) is 9.48 Å². The van der Waals surface area contributed by atoms with Crippen LogP contribution in [-0.2, 0) is 7.05 Å². The van der Waals surface area contributed by atoms with Crippen LogP contribution in [0.3, 0.4) is 0 Å². The molecule has 6 nitrogen and oxygen atoms in total. The highest BCUT2D eigenvalue weighted by Crippen LogP contribution is 2.14. The van der Waals surface area contributed by atoms with E-state index in [1.54, 1.807) is 18.7 Å². The number of aromatic nitrogens is 2. The van der Waals surface area contributed by atoms with Crippen molar-refractivity contribution in [3.8, 4) is 0 Å². The standard InChI is InChI=1S/C13H23N5O/c1-10-11(14)12(17(2)16-10)13(19)15-6-5-9-18-7-3-4-8-18/h3-9,14H2,1-2H3,(H,15,19). The van der Waals surface area contributed by atoms with Gasteiger partial charge in [-0.2, -0.15) is 5.10 Å². The normalized spacial score (nSPS) is 15.9. The molecule has 19 heavy (non-hydrogen) atoms. The summed E-state index contributed by atoms with van der Waals surface area (Å²) in [6, 6.07) is 0. The summed E-state index contributed by atoms with van der Waals surface area (Å²) in [6.45, 7) is 5.93. The minimum absolute atomic E-state index is 0.137. The van der Waals surface area contributed by atoms with Crippen LogP contribution in [0.5, 0.6) is 0 Å². The van der Waals surface area contributed by atoms with Crippen LogP contribution >= 0.6 is 0 Å². The van der Waals surface area contributed by atoms with Crippen LogP contribution in [0.4, 0.5) is 5.69 Å². The number of amides is 1. The van der Waals surface area contributed by atoms with Crippen molar-refractivity contribution in [2.75, 3.05) is 31.9 Å². The number of nitrogen functional groups attached to an aromatic ring is 1. The molecule has 0 aliphatic carbocycles. The minimum Gasteiger partial charge on any atom is -0.395 e. The summed E-state index contributed by atoms with van der Waals surface area (Å²) in [7, 11) is 1.74. The van der Waals surface area contributed by atoms with E-state index in [4.69, 9.17) is 5.73 Å². The van der Waals surface area contributed by atoms with Gasteiger partial charge in [0.25, 0.3) is 5.91 Å². The SMILES string of the molecule is Cc1nn(C)c(C(=O)NCCCN2CCCC2)c1N. The molecule has 1 aromatic heterocycles. The smallest absolute Gasteiger partial charge is 0.271 e. The number of likely N-dealkylation sites (tertiary alicyclic amines) is 1. The first-order valence-electron chi connectivity index (χ1n) is 6.89. The zero-order valence-corrected chi connectivity index (χ0v) is 11.8. The van der Waals surface area contributed by atoms with Crippen LogP contribution < -0.4 is 11.1 Å². The fourth-order valence-corrected chi connectivity index (χ4v) is 2.54. The Balaban J connectivity index is 1.77. The van der Waals surface area contributed by atoms with Crippen LogP contribution in [0.1, 0.15) is 35.4 Å². The number of carbonyl (C=O) groups is 1. The van der Waals surface area contributed by atoms with Crippen LogP contribution in [-0.4, -0.2) is 46.8 Å². The summed E-state index contributed by atoms with van der Waals surface area (Å²) in [4.78, 5) is 14.5. The largest absolute Gasteiger partial charge is 0.395 e. The maximum absolute atomic E-state index is 12.0. The molecule has 0 aromatic carbocycles. The summed E-state index contributed by atoms with van der Waals surface area (Å²) < 4.78 is 1.54. The maximum Gasteiger partial charge on any atom is 0.271 e. The number of rotatable bonds is 5. The van der Waals surface area contributed by atoms with Crippen molar-refractivity contribution in [2.45, 2.75) is 26.2 Å². The van der Waals surface area contributed by atoms with Crippen LogP contribution in [0.25, 0.3) is 0 Å². The number of anilines is 1. The lowest BCUT2D eigenvalue weighted by Gasteiger charge is -2.14. The Hall–Kier alpha value is -1.56. The minimum atomic E-state index is -0.137. The molecule has 2 rings (SSSR count). The zero-order valence-electron chi connectivity index (χ0n) is 11.8. The van der Waals surface area contributed by atoms with E-state index in [9.17, 15) is 4.79 Å². The second-order valence-corrected chi connectivity index (χ2v) is 5.13. The molecule has 0 radical (unpaired) electrons. The summed E-state index contributed by atoms with van der Waals surface area (Å²) in [5.41, 5.74) is 7.48. The first-order chi connectivity index (χ1) is 9.09. The van der Waals surface area contributed by atoms with Crippen molar-refractivity contribution in [1.29, 1.82) is 0 Å². The maximum atomic E-state index is 12.0. The molecule has 1 aliphatic heterocycles. The number of nitrogens with two attached hydrogens (primary N) is 1. The number of hydrogen-bond donors (Lipinski definition) is 2. The molecule has 0 spiro atoms. The van der Waals surface area contributed by atoms with E-state index >= 15 is 0 Å². The van der Waals surface area contributed by atoms with E-state index < -0.39 is 0 Å². The number of aryl methyl sites for hydroxylation is 2. The Morgan fingerprint density at radius 1 is 1.42 bits per heavy atom. The summed E-state index contributed by atoms with van der Waals surface area (Å²) in [6.07, 6.45) is 3.58. The third-order valence-electron chi connectivity index (χ3n) is 3.62. The van der Waals surface area contributed by atoms with Gasteiger partial charge in [-0.15, -0.1) is 0 Å². The van der Waals surface area contributed by atoms with E-state index in [0.29, 0.717) is 23.6 Å². The molecule has 0 atom stereocenters. The average Bonchev–Trinajstić information content (AvgIpc) is 2.95. The van der Waals surface area contributed by atoms with Crippen molar-refractivity contribution in [2.24, 2.45) is 7.05 Å². The highest BCUT2D eigenvalue weighted by Gasteiger charge is 2.17. The van der Waals surface area contributed by atoms with E-state index in [0.717, 1.165) is 13.0 Å². The lowest BCUT2D eigenvalue weighted by Crippen LogP contribution is -2.30. The molecule has 106 valence electrons. The first kappa shape index (κ1) is 13.9. The molecule has 1 aliphatic rings. The van der Waals surface area contributed by atoms with Crippen molar-refractivity contribution in [3.63, 3.8) is 0 Å². The molecular formula is C13H23N5O. The zero-order chi connectivity index (χ0) is 13.8. The van der Waals surface area contributed by atoms with E-state index in [1.165, 1.54) is 25.9 Å². The molecule has 2 heterocycles. The molecule has 0 saturated carbocycles. The lowest BCUT2D eigenvalue weighted by molar-refractivity contribution is 0.0943. The van der Waals surface area contributed by atoms with Gasteiger partial charge < -0.3 is 16.0 Å². The van der Waals surface area contributed by atoms with E-state index in [-0.39, 0.29) is 5.91 Å². The predicted molar refractivity (Wildman–Crippen MR) is 75.0 cm³/mol. The van der Waals surface area contributed by atoms with Crippen LogP contribution in [0.2, 0.25) is 0 Å².